The summed E-state index contributed by atoms with van der Waals surface area (Å²) in [4.78, 5) is 12.4. The first-order valence-corrected chi connectivity index (χ1v) is 9.02. The number of nitrogens with one attached hydrogen (secondary N) is 1. The van der Waals surface area contributed by atoms with Crippen LogP contribution >= 0.6 is 0 Å². The molecule has 25 heavy (non-hydrogen) atoms. The number of morpholine rings is 1. The Bertz CT molecular complexity index is 704. The maximum Gasteiger partial charge on any atom is 0.271 e. The summed E-state index contributed by atoms with van der Waals surface area (Å²) in [5.41, 5.74) is 1.66. The van der Waals surface area contributed by atoms with Crippen molar-refractivity contribution >= 4 is 11.4 Å². The number of anilines is 1. The highest BCUT2D eigenvalue weighted by Crippen LogP contribution is 2.41. The van der Waals surface area contributed by atoms with Crippen molar-refractivity contribution < 1.29 is 14.6 Å². The normalized spacial score (nSPS) is 29.6. The third-order valence-corrected chi connectivity index (χ3v) is 5.84. The molecule has 1 saturated heterocycles. The third kappa shape index (κ3) is 2.60. The topological polar surface area (TPSA) is 84.8 Å². The van der Waals surface area contributed by atoms with Crippen molar-refractivity contribution in [1.82, 2.24) is 0 Å². The fourth-order valence-corrected chi connectivity index (χ4v) is 4.55. The van der Waals surface area contributed by atoms with Crippen LogP contribution in [0.4, 0.5) is 11.4 Å². The first kappa shape index (κ1) is 16.4. The third-order valence-electron chi connectivity index (χ3n) is 5.84. The zero-order valence-corrected chi connectivity index (χ0v) is 14.5. The highest BCUT2D eigenvalue weighted by molar-refractivity contribution is 5.60. The molecule has 4 rings (SSSR count). The van der Waals surface area contributed by atoms with Gasteiger partial charge in [0.2, 0.25) is 5.66 Å². The Morgan fingerprint density at radius 3 is 2.92 bits per heavy atom. The van der Waals surface area contributed by atoms with Crippen molar-refractivity contribution in [3.8, 4) is 0 Å². The molecule has 1 N–H and O–H groups in total. The minimum atomic E-state index is -0.344. The quantitative estimate of drug-likeness (QED) is 0.666. The van der Waals surface area contributed by atoms with Gasteiger partial charge in [0.05, 0.1) is 23.8 Å². The number of hydrogen-bond donors (Lipinski definition) is 1. The summed E-state index contributed by atoms with van der Waals surface area (Å²) < 4.78 is 5.56. The van der Waals surface area contributed by atoms with Gasteiger partial charge in [0.15, 0.2) is 0 Å². The van der Waals surface area contributed by atoms with E-state index in [0.717, 1.165) is 63.2 Å². The molecule has 8 heteroatoms. The van der Waals surface area contributed by atoms with Gasteiger partial charge in [-0.3, -0.25) is 10.1 Å². The molecule has 2 heterocycles. The molecule has 0 amide bonds. The Kier molecular flexibility index (Phi) is 4.16. The van der Waals surface area contributed by atoms with E-state index in [-0.39, 0.29) is 22.3 Å². The van der Waals surface area contributed by atoms with Crippen LogP contribution in [0.1, 0.15) is 31.2 Å². The van der Waals surface area contributed by atoms with Gasteiger partial charge in [-0.05, 0) is 25.3 Å². The Hall–Kier alpha value is -2.06. The molecular formula is C17H24N5O3+. The zero-order chi connectivity index (χ0) is 17.4. The molecule has 0 radical (unpaired) electrons. The number of hydrogen-bond acceptors (Lipinski definition) is 6. The van der Waals surface area contributed by atoms with Crippen LogP contribution in [-0.2, 0) is 4.74 Å². The SMILES string of the molecule is Cc1ccc([N+](=O)[O-])cc1N1N=N[C@H]2CCCC[C@]21[NH+]1CCOCC1. The second kappa shape index (κ2) is 6.34. The molecule has 2 fully saturated rings. The number of benzene rings is 1. The smallest absolute Gasteiger partial charge is 0.271 e. The molecule has 1 aromatic rings. The van der Waals surface area contributed by atoms with Gasteiger partial charge in [-0.2, -0.15) is 10.1 Å². The molecule has 0 bridgehead atoms. The lowest BCUT2D eigenvalue weighted by Crippen LogP contribution is -3.25. The van der Waals surface area contributed by atoms with Gasteiger partial charge in [0, 0.05) is 18.6 Å². The van der Waals surface area contributed by atoms with Gasteiger partial charge in [0.1, 0.15) is 19.1 Å². The van der Waals surface area contributed by atoms with E-state index < -0.39 is 0 Å². The summed E-state index contributed by atoms with van der Waals surface area (Å²) in [5.74, 6) is 0. The molecule has 1 aromatic carbocycles. The van der Waals surface area contributed by atoms with E-state index in [4.69, 9.17) is 4.74 Å². The number of fused-ring (bicyclic) bond motifs is 1. The number of nitro groups is 1. The molecule has 134 valence electrons. The van der Waals surface area contributed by atoms with E-state index in [1.54, 1.807) is 12.1 Å². The number of nitrogens with zero attached hydrogens (tertiary/aromatic N) is 4. The minimum absolute atomic E-state index is 0.0992. The Morgan fingerprint density at radius 2 is 2.16 bits per heavy atom. The van der Waals surface area contributed by atoms with Crippen LogP contribution in [0.3, 0.4) is 0 Å². The van der Waals surface area contributed by atoms with Crippen molar-refractivity contribution in [2.75, 3.05) is 31.3 Å². The molecule has 0 spiro atoms. The molecule has 3 aliphatic rings. The van der Waals surface area contributed by atoms with Crippen LogP contribution in [-0.4, -0.2) is 42.9 Å². The predicted molar refractivity (Wildman–Crippen MR) is 91.7 cm³/mol. The van der Waals surface area contributed by atoms with Crippen molar-refractivity contribution in [3.63, 3.8) is 0 Å². The Labute approximate surface area is 146 Å². The fraction of sp³-hybridized carbons (Fsp3) is 0.647. The second-order valence-corrected chi connectivity index (χ2v) is 7.15. The molecule has 8 nitrogen and oxygen atoms in total. The number of nitro benzene ring substituents is 1. The average molecular weight is 346 g/mol. The molecule has 1 saturated carbocycles. The van der Waals surface area contributed by atoms with Gasteiger partial charge in [-0.15, -0.1) is 0 Å². The van der Waals surface area contributed by atoms with E-state index in [2.05, 4.69) is 10.3 Å². The number of ether oxygens (including phenoxy) is 1. The number of rotatable bonds is 3. The first-order valence-electron chi connectivity index (χ1n) is 9.02. The summed E-state index contributed by atoms with van der Waals surface area (Å²) in [6, 6.07) is 5.15. The number of aryl methyl sites for hydroxylation is 1. The monoisotopic (exact) mass is 346 g/mol. The van der Waals surface area contributed by atoms with Crippen LogP contribution in [0, 0.1) is 17.0 Å². The molecule has 2 aliphatic heterocycles. The van der Waals surface area contributed by atoms with Crippen LogP contribution in [0.15, 0.2) is 28.5 Å². The number of quaternary nitrogens is 1. The molecular weight excluding hydrogens is 322 g/mol. The lowest BCUT2D eigenvalue weighted by molar-refractivity contribution is -0.960. The standard InChI is InChI=1S/C17H23N5O3/c1-13-5-6-14(22(23)24)12-15(13)21-17(20-8-10-25-11-9-20)7-3-2-4-16(17)18-19-21/h5-6,12,16H,2-4,7-11H2,1H3/p+1/t16-,17+/m0/s1. The summed E-state index contributed by atoms with van der Waals surface area (Å²) in [6.07, 6.45) is 4.33. The maximum absolute atomic E-state index is 11.3. The van der Waals surface area contributed by atoms with Gasteiger partial charge >= 0.3 is 0 Å². The molecule has 1 aliphatic carbocycles. The first-order chi connectivity index (χ1) is 12.1. The van der Waals surface area contributed by atoms with E-state index in [1.165, 1.54) is 4.90 Å². The number of non-ortho nitro benzene ring substituents is 1. The Balaban J connectivity index is 1.78. The highest BCUT2D eigenvalue weighted by atomic mass is 16.6. The van der Waals surface area contributed by atoms with E-state index in [1.807, 2.05) is 18.0 Å². The maximum atomic E-state index is 11.3. The van der Waals surface area contributed by atoms with Crippen molar-refractivity contribution in [3.05, 3.63) is 33.9 Å². The molecule has 0 unspecified atom stereocenters. The van der Waals surface area contributed by atoms with Crippen molar-refractivity contribution in [2.24, 2.45) is 10.3 Å². The van der Waals surface area contributed by atoms with E-state index in [9.17, 15) is 10.1 Å². The fourth-order valence-electron chi connectivity index (χ4n) is 4.55. The minimum Gasteiger partial charge on any atom is -0.370 e. The van der Waals surface area contributed by atoms with Gasteiger partial charge in [-0.25, -0.2) is 0 Å². The predicted octanol–water partition coefficient (Wildman–Crippen LogP) is 1.64. The van der Waals surface area contributed by atoms with Gasteiger partial charge in [0.25, 0.3) is 5.69 Å². The summed E-state index contributed by atoms with van der Waals surface area (Å²) in [7, 11) is 0. The van der Waals surface area contributed by atoms with E-state index in [0.29, 0.717) is 0 Å². The van der Waals surface area contributed by atoms with Crippen molar-refractivity contribution in [2.45, 2.75) is 44.3 Å². The Morgan fingerprint density at radius 1 is 1.36 bits per heavy atom. The second-order valence-electron chi connectivity index (χ2n) is 7.15. The lowest BCUT2D eigenvalue weighted by atomic mass is 9.82. The molecule has 2 atom stereocenters. The van der Waals surface area contributed by atoms with Crippen LogP contribution < -0.4 is 9.91 Å². The van der Waals surface area contributed by atoms with Crippen LogP contribution in [0.2, 0.25) is 0 Å². The van der Waals surface area contributed by atoms with Crippen LogP contribution in [0.5, 0.6) is 0 Å². The van der Waals surface area contributed by atoms with E-state index >= 15 is 0 Å². The van der Waals surface area contributed by atoms with Gasteiger partial charge < -0.3 is 9.64 Å². The lowest BCUT2D eigenvalue weighted by Gasteiger charge is -2.48. The summed E-state index contributed by atoms with van der Waals surface area (Å²) in [6.45, 7) is 5.31. The summed E-state index contributed by atoms with van der Waals surface area (Å²) >= 11 is 0. The van der Waals surface area contributed by atoms with Gasteiger partial charge in [-0.1, -0.05) is 17.7 Å². The summed E-state index contributed by atoms with van der Waals surface area (Å²) in [5, 5.41) is 22.4. The highest BCUT2D eigenvalue weighted by Gasteiger charge is 2.58. The largest absolute Gasteiger partial charge is 0.370 e. The zero-order valence-electron chi connectivity index (χ0n) is 14.5. The molecule has 0 aromatic heterocycles. The average Bonchev–Trinajstić information content (AvgIpc) is 3.03. The van der Waals surface area contributed by atoms with Crippen molar-refractivity contribution in [1.29, 1.82) is 0 Å². The van der Waals surface area contributed by atoms with Crippen LogP contribution in [0.25, 0.3) is 0 Å².